The summed E-state index contributed by atoms with van der Waals surface area (Å²) in [4.78, 5) is 0. The van der Waals surface area contributed by atoms with E-state index in [2.05, 4.69) is 0 Å². The maximum Gasteiger partial charge on any atom is 0.288 e. The summed E-state index contributed by atoms with van der Waals surface area (Å²) in [6.07, 6.45) is 0. The minimum atomic E-state index is -2.98. The molecule has 0 aromatic heterocycles. The van der Waals surface area contributed by atoms with Gasteiger partial charge in [0.1, 0.15) is 11.5 Å². The molecule has 5 heteroatoms. The summed E-state index contributed by atoms with van der Waals surface area (Å²) >= 11 is 5.65. The number of hydrogen-bond donors (Lipinski definition) is 1. The van der Waals surface area contributed by atoms with E-state index < -0.39 is 18.4 Å². The minimum absolute atomic E-state index is 0.0573. The number of ether oxygens (including phenoxy) is 1. The van der Waals surface area contributed by atoms with E-state index in [1.165, 1.54) is 19.1 Å². The second kappa shape index (κ2) is 3.23. The first-order valence-corrected chi connectivity index (χ1v) is 4.83. The summed E-state index contributed by atoms with van der Waals surface area (Å²) in [5.74, 6) is -4.12. The number of alkyl halides is 2. The molecule has 1 unspecified atom stereocenters. The number of halogens is 3. The van der Waals surface area contributed by atoms with Gasteiger partial charge in [-0.3, -0.25) is 0 Å². The van der Waals surface area contributed by atoms with Crippen LogP contribution in [0.15, 0.2) is 12.1 Å². The quantitative estimate of drug-likeness (QED) is 0.747. The van der Waals surface area contributed by atoms with Crippen molar-refractivity contribution in [1.29, 1.82) is 0 Å². The molecule has 2 nitrogen and oxygen atoms in total. The van der Waals surface area contributed by atoms with Crippen LogP contribution >= 0.6 is 11.6 Å². The molecule has 1 atom stereocenters. The lowest BCUT2D eigenvalue weighted by Gasteiger charge is -2.31. The standard InChI is InChI=1S/C10H9ClF2O2/c1-5-8-7(15-4-10(5,12)13)3-2-6(11)9(8)14/h2-3,5,14H,4H2,1H3. The van der Waals surface area contributed by atoms with E-state index in [1.54, 1.807) is 0 Å². The third-order valence-corrected chi connectivity index (χ3v) is 2.92. The Kier molecular flexibility index (Phi) is 2.26. The topological polar surface area (TPSA) is 29.5 Å². The predicted molar refractivity (Wildman–Crippen MR) is 52.0 cm³/mol. The number of aromatic hydroxyl groups is 1. The lowest BCUT2D eigenvalue weighted by molar-refractivity contribution is -0.0728. The maximum atomic E-state index is 13.3. The van der Waals surface area contributed by atoms with Crippen LogP contribution < -0.4 is 4.74 Å². The lowest BCUT2D eigenvalue weighted by atomic mass is 9.91. The maximum absolute atomic E-state index is 13.3. The van der Waals surface area contributed by atoms with Gasteiger partial charge >= 0.3 is 0 Å². The molecule has 1 aromatic carbocycles. The van der Waals surface area contributed by atoms with E-state index in [4.69, 9.17) is 16.3 Å². The molecule has 1 aliphatic heterocycles. The van der Waals surface area contributed by atoms with Gasteiger partial charge in [-0.15, -0.1) is 0 Å². The van der Waals surface area contributed by atoms with Crippen LogP contribution in [0.3, 0.4) is 0 Å². The molecule has 0 spiro atoms. The third-order valence-electron chi connectivity index (χ3n) is 2.61. The first-order valence-electron chi connectivity index (χ1n) is 4.45. The lowest BCUT2D eigenvalue weighted by Crippen LogP contribution is -2.36. The van der Waals surface area contributed by atoms with Gasteiger partial charge in [0.2, 0.25) is 0 Å². The van der Waals surface area contributed by atoms with Gasteiger partial charge in [-0.1, -0.05) is 18.5 Å². The molecular formula is C10H9ClF2O2. The highest BCUT2D eigenvalue weighted by Gasteiger charge is 2.44. The fourth-order valence-corrected chi connectivity index (χ4v) is 1.78. The van der Waals surface area contributed by atoms with Crippen LogP contribution in [0.25, 0.3) is 0 Å². The average molecular weight is 235 g/mol. The van der Waals surface area contributed by atoms with Crippen molar-refractivity contribution in [3.05, 3.63) is 22.7 Å². The number of rotatable bonds is 0. The monoisotopic (exact) mass is 234 g/mol. The zero-order valence-corrected chi connectivity index (χ0v) is 8.68. The van der Waals surface area contributed by atoms with Crippen LogP contribution in [0.4, 0.5) is 8.78 Å². The highest BCUT2D eigenvalue weighted by molar-refractivity contribution is 6.32. The second-order valence-corrected chi connectivity index (χ2v) is 3.99. The van der Waals surface area contributed by atoms with Crippen LogP contribution in [0, 0.1) is 0 Å². The molecule has 1 N–H and O–H groups in total. The van der Waals surface area contributed by atoms with E-state index in [0.29, 0.717) is 0 Å². The number of hydrogen-bond acceptors (Lipinski definition) is 2. The van der Waals surface area contributed by atoms with Gasteiger partial charge in [0, 0.05) is 5.56 Å². The normalized spacial score (nSPS) is 23.1. The molecular weight excluding hydrogens is 226 g/mol. The molecule has 1 heterocycles. The van der Waals surface area contributed by atoms with E-state index in [0.717, 1.165) is 0 Å². The smallest absolute Gasteiger partial charge is 0.288 e. The van der Waals surface area contributed by atoms with Crippen molar-refractivity contribution in [3.63, 3.8) is 0 Å². The Morgan fingerprint density at radius 2 is 2.20 bits per heavy atom. The van der Waals surface area contributed by atoms with Gasteiger partial charge in [-0.05, 0) is 12.1 Å². The van der Waals surface area contributed by atoms with Crippen LogP contribution in [-0.2, 0) is 0 Å². The summed E-state index contributed by atoms with van der Waals surface area (Å²) in [7, 11) is 0. The van der Waals surface area contributed by atoms with E-state index in [-0.39, 0.29) is 22.1 Å². The molecule has 1 aromatic rings. The van der Waals surface area contributed by atoms with Gasteiger partial charge in [0.25, 0.3) is 5.92 Å². The molecule has 0 bridgehead atoms. The Labute approximate surface area is 90.4 Å². The summed E-state index contributed by atoms with van der Waals surface area (Å²) in [6, 6.07) is 2.91. The van der Waals surface area contributed by atoms with Gasteiger partial charge in [-0.2, -0.15) is 0 Å². The fourth-order valence-electron chi connectivity index (χ4n) is 1.62. The van der Waals surface area contributed by atoms with Crippen LogP contribution in [-0.4, -0.2) is 17.6 Å². The zero-order chi connectivity index (χ0) is 11.2. The Morgan fingerprint density at radius 1 is 1.53 bits per heavy atom. The van der Waals surface area contributed by atoms with Crippen molar-refractivity contribution in [2.75, 3.05) is 6.61 Å². The summed E-state index contributed by atoms with van der Waals surface area (Å²) in [5, 5.41) is 9.66. The zero-order valence-electron chi connectivity index (χ0n) is 7.93. The molecule has 2 rings (SSSR count). The third kappa shape index (κ3) is 1.53. The van der Waals surface area contributed by atoms with Crippen molar-refractivity contribution in [2.24, 2.45) is 0 Å². The Balaban J connectivity index is 2.59. The van der Waals surface area contributed by atoms with Gasteiger partial charge in [0.15, 0.2) is 6.61 Å². The number of phenolic OH excluding ortho intramolecular Hbond substituents is 1. The van der Waals surface area contributed by atoms with Crippen LogP contribution in [0.5, 0.6) is 11.5 Å². The number of benzene rings is 1. The van der Waals surface area contributed by atoms with Crippen molar-refractivity contribution < 1.29 is 18.6 Å². The van der Waals surface area contributed by atoms with Gasteiger partial charge in [-0.25, -0.2) is 8.78 Å². The first kappa shape index (κ1) is 10.5. The van der Waals surface area contributed by atoms with Crippen molar-refractivity contribution in [2.45, 2.75) is 18.8 Å². The number of fused-ring (bicyclic) bond motifs is 1. The Bertz CT molecular complexity index is 407. The SMILES string of the molecule is CC1c2c(ccc(Cl)c2O)OCC1(F)F. The van der Waals surface area contributed by atoms with Crippen molar-refractivity contribution >= 4 is 11.6 Å². The van der Waals surface area contributed by atoms with Crippen molar-refractivity contribution in [3.8, 4) is 11.5 Å². The summed E-state index contributed by atoms with van der Waals surface area (Å²) in [5.41, 5.74) is 0.0822. The molecule has 0 amide bonds. The predicted octanol–water partition coefficient (Wildman–Crippen LogP) is 3.18. The molecule has 0 saturated heterocycles. The first-order chi connectivity index (χ1) is 6.93. The van der Waals surface area contributed by atoms with Crippen molar-refractivity contribution in [1.82, 2.24) is 0 Å². The molecule has 82 valence electrons. The second-order valence-electron chi connectivity index (χ2n) is 3.58. The molecule has 0 aliphatic carbocycles. The van der Waals surface area contributed by atoms with E-state index in [1.807, 2.05) is 0 Å². The molecule has 0 fully saturated rings. The Morgan fingerprint density at radius 3 is 2.87 bits per heavy atom. The average Bonchev–Trinajstić information content (AvgIpc) is 2.17. The Hall–Kier alpha value is -1.03. The molecule has 1 aliphatic rings. The summed E-state index contributed by atoms with van der Waals surface area (Å²) in [6.45, 7) is 0.680. The largest absolute Gasteiger partial charge is 0.506 e. The van der Waals surface area contributed by atoms with Crippen LogP contribution in [0.2, 0.25) is 5.02 Å². The molecule has 0 radical (unpaired) electrons. The molecule has 15 heavy (non-hydrogen) atoms. The fraction of sp³-hybridized carbons (Fsp3) is 0.400. The van der Waals surface area contributed by atoms with Gasteiger partial charge < -0.3 is 9.84 Å². The highest BCUT2D eigenvalue weighted by atomic mass is 35.5. The summed E-state index contributed by atoms with van der Waals surface area (Å²) < 4.78 is 31.5. The van der Waals surface area contributed by atoms with E-state index in [9.17, 15) is 13.9 Å². The molecule has 0 saturated carbocycles. The van der Waals surface area contributed by atoms with E-state index >= 15 is 0 Å². The van der Waals surface area contributed by atoms with Crippen LogP contribution in [0.1, 0.15) is 18.4 Å². The highest BCUT2D eigenvalue weighted by Crippen LogP contribution is 2.48. The van der Waals surface area contributed by atoms with Gasteiger partial charge in [0.05, 0.1) is 10.9 Å². The number of phenols is 1. The minimum Gasteiger partial charge on any atom is -0.506 e.